The van der Waals surface area contributed by atoms with Gasteiger partial charge in [-0.15, -0.1) is 11.3 Å². The Labute approximate surface area is 185 Å². The van der Waals surface area contributed by atoms with Crippen molar-refractivity contribution in [2.45, 2.75) is 38.8 Å². The van der Waals surface area contributed by atoms with Crippen LogP contribution >= 0.6 is 11.3 Å². The summed E-state index contributed by atoms with van der Waals surface area (Å²) in [5, 5.41) is 18.5. The molecule has 4 aromatic rings. The second-order valence-electron chi connectivity index (χ2n) is 8.60. The van der Waals surface area contributed by atoms with E-state index in [1.165, 1.54) is 10.2 Å². The molecule has 0 aliphatic carbocycles. The second kappa shape index (κ2) is 8.65. The van der Waals surface area contributed by atoms with Crippen molar-refractivity contribution in [1.29, 1.82) is 0 Å². The summed E-state index contributed by atoms with van der Waals surface area (Å²) in [5.41, 5.74) is 1.82. The first kappa shape index (κ1) is 21.3. The van der Waals surface area contributed by atoms with E-state index in [9.17, 15) is 9.90 Å². The lowest BCUT2D eigenvalue weighted by atomic mass is 9.87. The molecular formula is C25H26N2O3S. The van der Waals surface area contributed by atoms with Gasteiger partial charge in [-0.1, -0.05) is 57.2 Å². The van der Waals surface area contributed by atoms with Gasteiger partial charge in [0.15, 0.2) is 0 Å². The number of aliphatic hydroxyl groups is 1. The molecule has 31 heavy (non-hydrogen) atoms. The molecule has 0 aliphatic heterocycles. The number of benzene rings is 2. The van der Waals surface area contributed by atoms with Crippen LogP contribution in [0.2, 0.25) is 0 Å². The molecule has 2 aromatic carbocycles. The lowest BCUT2D eigenvalue weighted by Gasteiger charge is -2.19. The Morgan fingerprint density at radius 3 is 2.39 bits per heavy atom. The monoisotopic (exact) mass is 434 g/mol. The molecule has 160 valence electrons. The van der Waals surface area contributed by atoms with Crippen LogP contribution < -0.4 is 10.3 Å². The van der Waals surface area contributed by atoms with E-state index in [1.807, 2.05) is 60.0 Å². The first-order chi connectivity index (χ1) is 14.8. The van der Waals surface area contributed by atoms with E-state index in [0.717, 1.165) is 16.0 Å². The van der Waals surface area contributed by atoms with E-state index < -0.39 is 6.10 Å². The number of rotatable bonds is 6. The number of hydrogen-bond acceptors (Lipinski definition) is 5. The van der Waals surface area contributed by atoms with Crippen LogP contribution in [0.25, 0.3) is 21.3 Å². The fourth-order valence-corrected chi connectivity index (χ4v) is 4.17. The summed E-state index contributed by atoms with van der Waals surface area (Å²) >= 11 is 1.57. The molecule has 0 radical (unpaired) electrons. The number of aliphatic hydroxyl groups excluding tert-OH is 1. The van der Waals surface area contributed by atoms with Crippen LogP contribution in [0.1, 0.15) is 26.3 Å². The topological polar surface area (TPSA) is 64.3 Å². The number of hydrogen-bond donors (Lipinski definition) is 1. The molecule has 1 atom stereocenters. The SMILES string of the molecule is CC(C)(C)c1ccc(OC[C@H](O)Cn2nc(-c3cccs3)c3ccccc3c2=O)cc1. The maximum atomic E-state index is 12.9. The highest BCUT2D eigenvalue weighted by molar-refractivity contribution is 7.13. The summed E-state index contributed by atoms with van der Waals surface area (Å²) in [6.07, 6.45) is -0.871. The summed E-state index contributed by atoms with van der Waals surface area (Å²) in [6, 6.07) is 19.3. The van der Waals surface area contributed by atoms with Crippen molar-refractivity contribution >= 4 is 22.1 Å². The molecule has 1 N–H and O–H groups in total. The van der Waals surface area contributed by atoms with Crippen molar-refractivity contribution in [1.82, 2.24) is 9.78 Å². The molecule has 0 fully saturated rings. The summed E-state index contributed by atoms with van der Waals surface area (Å²) < 4.78 is 7.09. The molecule has 0 saturated carbocycles. The van der Waals surface area contributed by atoms with Crippen LogP contribution in [0.3, 0.4) is 0 Å². The molecule has 4 rings (SSSR count). The van der Waals surface area contributed by atoms with E-state index in [1.54, 1.807) is 17.4 Å². The van der Waals surface area contributed by atoms with E-state index >= 15 is 0 Å². The van der Waals surface area contributed by atoms with Crippen molar-refractivity contribution in [3.63, 3.8) is 0 Å². The number of thiophene rings is 1. The first-order valence-corrected chi connectivity index (χ1v) is 11.2. The zero-order valence-electron chi connectivity index (χ0n) is 17.9. The molecule has 0 unspecified atom stereocenters. The smallest absolute Gasteiger partial charge is 0.274 e. The molecule has 0 spiro atoms. The third-order valence-electron chi connectivity index (χ3n) is 5.17. The van der Waals surface area contributed by atoms with E-state index in [0.29, 0.717) is 11.1 Å². The van der Waals surface area contributed by atoms with Gasteiger partial charge in [-0.05, 0) is 40.6 Å². The first-order valence-electron chi connectivity index (χ1n) is 10.3. The molecule has 0 bridgehead atoms. The van der Waals surface area contributed by atoms with Crippen LogP contribution in [-0.4, -0.2) is 27.6 Å². The van der Waals surface area contributed by atoms with Gasteiger partial charge in [0.05, 0.1) is 16.8 Å². The van der Waals surface area contributed by atoms with Gasteiger partial charge in [0.25, 0.3) is 5.56 Å². The van der Waals surface area contributed by atoms with Crippen molar-refractivity contribution in [3.8, 4) is 16.3 Å². The summed E-state index contributed by atoms with van der Waals surface area (Å²) in [7, 11) is 0. The van der Waals surface area contributed by atoms with Crippen LogP contribution in [-0.2, 0) is 12.0 Å². The Balaban J connectivity index is 1.53. The van der Waals surface area contributed by atoms with Gasteiger partial charge in [0.1, 0.15) is 24.2 Å². The van der Waals surface area contributed by atoms with Crippen LogP contribution in [0.5, 0.6) is 5.75 Å². The number of nitrogens with zero attached hydrogens (tertiary/aromatic N) is 2. The molecule has 0 aliphatic rings. The van der Waals surface area contributed by atoms with E-state index in [4.69, 9.17) is 4.74 Å². The molecule has 5 nitrogen and oxygen atoms in total. The van der Waals surface area contributed by atoms with Crippen molar-refractivity contribution < 1.29 is 9.84 Å². The van der Waals surface area contributed by atoms with Gasteiger partial charge in [-0.3, -0.25) is 4.79 Å². The highest BCUT2D eigenvalue weighted by atomic mass is 32.1. The molecule has 0 amide bonds. The quantitative estimate of drug-likeness (QED) is 0.471. The van der Waals surface area contributed by atoms with Crippen molar-refractivity contribution in [3.05, 3.63) is 82.0 Å². The minimum atomic E-state index is -0.871. The molecule has 6 heteroatoms. The van der Waals surface area contributed by atoms with Gasteiger partial charge in [-0.25, -0.2) is 4.68 Å². The predicted octanol–water partition coefficient (Wildman–Crippen LogP) is 4.86. The zero-order valence-corrected chi connectivity index (χ0v) is 18.7. The van der Waals surface area contributed by atoms with Crippen LogP contribution in [0, 0.1) is 0 Å². The number of aromatic nitrogens is 2. The minimum absolute atomic E-state index is 0.0577. The highest BCUT2D eigenvalue weighted by Crippen LogP contribution is 2.28. The molecule has 2 aromatic heterocycles. The highest BCUT2D eigenvalue weighted by Gasteiger charge is 2.16. The maximum Gasteiger partial charge on any atom is 0.274 e. The fourth-order valence-electron chi connectivity index (χ4n) is 3.45. The van der Waals surface area contributed by atoms with Gasteiger partial charge >= 0.3 is 0 Å². The van der Waals surface area contributed by atoms with Crippen LogP contribution in [0.15, 0.2) is 70.8 Å². The Morgan fingerprint density at radius 1 is 1.03 bits per heavy atom. The third kappa shape index (κ3) is 4.70. The maximum absolute atomic E-state index is 12.9. The van der Waals surface area contributed by atoms with Gasteiger partial charge in [0, 0.05) is 5.39 Å². The Bertz CT molecular complexity index is 1220. The number of fused-ring (bicyclic) bond motifs is 1. The van der Waals surface area contributed by atoms with Gasteiger partial charge in [-0.2, -0.15) is 5.10 Å². The second-order valence-corrected chi connectivity index (χ2v) is 9.55. The zero-order chi connectivity index (χ0) is 22.0. The number of ether oxygens (including phenoxy) is 1. The largest absolute Gasteiger partial charge is 0.491 e. The molecule has 0 saturated heterocycles. The Hall–Kier alpha value is -2.96. The minimum Gasteiger partial charge on any atom is -0.491 e. The standard InChI is InChI=1S/C25H26N2O3S/c1-25(2,3)17-10-12-19(13-11-17)30-16-18(28)15-27-24(29)21-8-5-4-7-20(21)23(26-27)22-9-6-14-31-22/h4-14,18,28H,15-16H2,1-3H3/t18-/m1/s1. The fraction of sp³-hybridized carbons (Fsp3) is 0.280. The molecule has 2 heterocycles. The summed E-state index contributed by atoms with van der Waals surface area (Å²) in [4.78, 5) is 13.9. The summed E-state index contributed by atoms with van der Waals surface area (Å²) in [6.45, 7) is 6.61. The average molecular weight is 435 g/mol. The Kier molecular flexibility index (Phi) is 5.94. The van der Waals surface area contributed by atoms with E-state index in [-0.39, 0.29) is 24.1 Å². The lowest BCUT2D eigenvalue weighted by molar-refractivity contribution is 0.0882. The van der Waals surface area contributed by atoms with Crippen molar-refractivity contribution in [2.24, 2.45) is 0 Å². The lowest BCUT2D eigenvalue weighted by Crippen LogP contribution is -2.32. The van der Waals surface area contributed by atoms with E-state index in [2.05, 4.69) is 25.9 Å². The van der Waals surface area contributed by atoms with Crippen LogP contribution in [0.4, 0.5) is 0 Å². The van der Waals surface area contributed by atoms with Gasteiger partial charge in [0.2, 0.25) is 0 Å². The normalized spacial score (nSPS) is 12.8. The van der Waals surface area contributed by atoms with Gasteiger partial charge < -0.3 is 9.84 Å². The van der Waals surface area contributed by atoms with Crippen molar-refractivity contribution in [2.75, 3.05) is 6.61 Å². The summed E-state index contributed by atoms with van der Waals surface area (Å²) in [5.74, 6) is 0.685. The average Bonchev–Trinajstić information content (AvgIpc) is 3.29. The third-order valence-corrected chi connectivity index (χ3v) is 6.05. The Morgan fingerprint density at radius 2 is 1.74 bits per heavy atom. The molecular weight excluding hydrogens is 408 g/mol. The predicted molar refractivity (Wildman–Crippen MR) is 126 cm³/mol.